The first kappa shape index (κ1) is 9.30. The van der Waals surface area contributed by atoms with Crippen LogP contribution in [0.5, 0.6) is 0 Å². The van der Waals surface area contributed by atoms with Crippen LogP contribution in [0.2, 0.25) is 0 Å². The van der Waals surface area contributed by atoms with Gasteiger partial charge in [0, 0.05) is 5.41 Å². The van der Waals surface area contributed by atoms with Crippen LogP contribution in [0, 0.1) is 0 Å². The average Bonchev–Trinajstić information content (AvgIpc) is 2.30. The highest BCUT2D eigenvalue weighted by Gasteiger charge is 2.23. The van der Waals surface area contributed by atoms with Crippen LogP contribution < -0.4 is 0 Å². The fourth-order valence-corrected chi connectivity index (χ4v) is 1.23. The third kappa shape index (κ3) is 1.68. The lowest BCUT2D eigenvalue weighted by molar-refractivity contribution is 0.401. The summed E-state index contributed by atoms with van der Waals surface area (Å²) in [5.74, 6) is 1.45. The number of nitrogens with zero attached hydrogens (tertiary/aromatic N) is 1. The lowest BCUT2D eigenvalue weighted by Crippen LogP contribution is -2.13. The van der Waals surface area contributed by atoms with Crippen LogP contribution in [-0.4, -0.2) is 4.98 Å². The largest absolute Gasteiger partial charge is 0.448 e. The van der Waals surface area contributed by atoms with Gasteiger partial charge in [-0.3, -0.25) is 0 Å². The predicted octanol–water partition coefficient (Wildman–Crippen LogP) is 3.10. The van der Waals surface area contributed by atoms with E-state index in [0.29, 0.717) is 5.92 Å². The van der Waals surface area contributed by atoms with Gasteiger partial charge in [-0.05, 0) is 5.92 Å². The molecule has 12 heavy (non-hydrogen) atoms. The summed E-state index contributed by atoms with van der Waals surface area (Å²) in [6.07, 6.45) is 1.54. The fourth-order valence-electron chi connectivity index (χ4n) is 1.23. The van der Waals surface area contributed by atoms with Gasteiger partial charge in [0.1, 0.15) is 5.76 Å². The molecule has 1 rings (SSSR count). The van der Waals surface area contributed by atoms with Crippen molar-refractivity contribution in [2.45, 2.75) is 46.0 Å². The molecule has 2 heteroatoms. The molecule has 0 aliphatic carbocycles. The summed E-state index contributed by atoms with van der Waals surface area (Å²) in [6.45, 7) is 10.7. The first-order chi connectivity index (χ1) is 5.43. The lowest BCUT2D eigenvalue weighted by atomic mass is 9.89. The van der Waals surface area contributed by atoms with Crippen molar-refractivity contribution in [1.29, 1.82) is 0 Å². The molecule has 0 unspecified atom stereocenters. The Bertz CT molecular complexity index is 255. The van der Waals surface area contributed by atoms with Crippen molar-refractivity contribution in [3.8, 4) is 0 Å². The Morgan fingerprint density at radius 1 is 1.33 bits per heavy atom. The Labute approximate surface area is 74.0 Å². The smallest absolute Gasteiger partial charge is 0.181 e. The highest BCUT2D eigenvalue weighted by Crippen LogP contribution is 2.29. The zero-order valence-corrected chi connectivity index (χ0v) is 8.51. The molecule has 0 fully saturated rings. The Morgan fingerprint density at radius 3 is 2.25 bits per heavy atom. The lowest BCUT2D eigenvalue weighted by Gasteiger charge is -2.17. The highest BCUT2D eigenvalue weighted by molar-refractivity contribution is 5.18. The predicted molar refractivity (Wildman–Crippen MR) is 49.3 cm³/mol. The van der Waals surface area contributed by atoms with Crippen molar-refractivity contribution in [3.63, 3.8) is 0 Å². The van der Waals surface area contributed by atoms with Gasteiger partial charge in [-0.25, -0.2) is 4.98 Å². The van der Waals surface area contributed by atoms with E-state index in [1.165, 1.54) is 6.39 Å². The van der Waals surface area contributed by atoms with Gasteiger partial charge >= 0.3 is 0 Å². The quantitative estimate of drug-likeness (QED) is 0.642. The van der Waals surface area contributed by atoms with Crippen molar-refractivity contribution in [1.82, 2.24) is 4.98 Å². The van der Waals surface area contributed by atoms with E-state index in [9.17, 15) is 0 Å². The Hall–Kier alpha value is -0.790. The van der Waals surface area contributed by atoms with Gasteiger partial charge in [0.05, 0.1) is 5.69 Å². The van der Waals surface area contributed by atoms with Gasteiger partial charge in [-0.2, -0.15) is 0 Å². The first-order valence-electron chi connectivity index (χ1n) is 4.37. The van der Waals surface area contributed by atoms with E-state index in [1.54, 1.807) is 0 Å². The van der Waals surface area contributed by atoms with Crippen LogP contribution in [-0.2, 0) is 5.41 Å². The maximum Gasteiger partial charge on any atom is 0.181 e. The van der Waals surface area contributed by atoms with E-state index in [1.807, 2.05) is 0 Å². The van der Waals surface area contributed by atoms with Gasteiger partial charge < -0.3 is 4.42 Å². The molecule has 0 saturated heterocycles. The summed E-state index contributed by atoms with van der Waals surface area (Å²) in [4.78, 5) is 4.22. The van der Waals surface area contributed by atoms with Crippen LogP contribution in [0.25, 0.3) is 0 Å². The van der Waals surface area contributed by atoms with E-state index in [0.717, 1.165) is 11.5 Å². The molecule has 1 aromatic rings. The number of hydrogen-bond acceptors (Lipinski definition) is 2. The molecular weight excluding hydrogens is 150 g/mol. The molecule has 1 heterocycles. The molecule has 0 N–H and O–H groups in total. The number of hydrogen-bond donors (Lipinski definition) is 0. The van der Waals surface area contributed by atoms with E-state index >= 15 is 0 Å². The first-order valence-corrected chi connectivity index (χ1v) is 4.37. The summed E-state index contributed by atoms with van der Waals surface area (Å²) in [5, 5.41) is 0. The van der Waals surface area contributed by atoms with Gasteiger partial charge in [-0.1, -0.05) is 34.6 Å². The average molecular weight is 167 g/mol. The molecule has 0 spiro atoms. The minimum atomic E-state index is 0.0656. The van der Waals surface area contributed by atoms with Crippen LogP contribution in [0.15, 0.2) is 10.8 Å². The number of oxazole rings is 1. The molecule has 1 aromatic heterocycles. The van der Waals surface area contributed by atoms with E-state index in [4.69, 9.17) is 4.42 Å². The highest BCUT2D eigenvalue weighted by atomic mass is 16.3. The van der Waals surface area contributed by atoms with Crippen molar-refractivity contribution >= 4 is 0 Å². The van der Waals surface area contributed by atoms with Crippen LogP contribution in [0.3, 0.4) is 0 Å². The summed E-state index contributed by atoms with van der Waals surface area (Å²) < 4.78 is 5.38. The van der Waals surface area contributed by atoms with E-state index in [2.05, 4.69) is 39.6 Å². The van der Waals surface area contributed by atoms with E-state index < -0.39 is 0 Å². The Morgan fingerprint density at radius 2 is 1.92 bits per heavy atom. The minimum Gasteiger partial charge on any atom is -0.448 e. The fraction of sp³-hybridized carbons (Fsp3) is 0.700. The standard InChI is InChI=1S/C10H17NO/c1-7(2)8-9(10(3,4)5)12-6-11-8/h6-7H,1-5H3. The van der Waals surface area contributed by atoms with Crippen molar-refractivity contribution in [2.75, 3.05) is 0 Å². The third-order valence-electron chi connectivity index (χ3n) is 1.82. The maximum atomic E-state index is 5.38. The number of aromatic nitrogens is 1. The second kappa shape index (κ2) is 2.92. The third-order valence-corrected chi connectivity index (χ3v) is 1.82. The zero-order chi connectivity index (χ0) is 9.35. The Kier molecular flexibility index (Phi) is 2.27. The van der Waals surface area contributed by atoms with Gasteiger partial charge in [0.15, 0.2) is 6.39 Å². The second-order valence-corrected chi connectivity index (χ2v) is 4.47. The van der Waals surface area contributed by atoms with Crippen molar-refractivity contribution < 1.29 is 4.42 Å². The molecule has 0 bridgehead atoms. The van der Waals surface area contributed by atoms with Crippen molar-refractivity contribution in [3.05, 3.63) is 17.8 Å². The molecule has 0 amide bonds. The Balaban J connectivity index is 3.08. The number of rotatable bonds is 1. The maximum absolute atomic E-state index is 5.38. The van der Waals surface area contributed by atoms with Crippen molar-refractivity contribution in [2.24, 2.45) is 0 Å². The molecule has 2 nitrogen and oxygen atoms in total. The van der Waals surface area contributed by atoms with Crippen LogP contribution in [0.1, 0.15) is 52.0 Å². The monoisotopic (exact) mass is 167 g/mol. The minimum absolute atomic E-state index is 0.0656. The summed E-state index contributed by atoms with van der Waals surface area (Å²) in [7, 11) is 0. The molecule has 0 atom stereocenters. The van der Waals surface area contributed by atoms with Gasteiger partial charge in [0.2, 0.25) is 0 Å². The normalized spacial score (nSPS) is 12.5. The molecule has 0 aliphatic rings. The van der Waals surface area contributed by atoms with Crippen LogP contribution >= 0.6 is 0 Å². The van der Waals surface area contributed by atoms with Gasteiger partial charge in [0.25, 0.3) is 0 Å². The molecular formula is C10H17NO. The second-order valence-electron chi connectivity index (χ2n) is 4.47. The summed E-state index contributed by atoms with van der Waals surface area (Å²) >= 11 is 0. The molecule has 0 aliphatic heterocycles. The van der Waals surface area contributed by atoms with E-state index in [-0.39, 0.29) is 5.41 Å². The SMILES string of the molecule is CC(C)c1ncoc1C(C)(C)C. The topological polar surface area (TPSA) is 26.0 Å². The molecule has 68 valence electrons. The van der Waals surface area contributed by atoms with Gasteiger partial charge in [-0.15, -0.1) is 0 Å². The molecule has 0 radical (unpaired) electrons. The molecule has 0 saturated carbocycles. The zero-order valence-electron chi connectivity index (χ0n) is 8.51. The summed E-state index contributed by atoms with van der Waals surface area (Å²) in [5.41, 5.74) is 1.15. The van der Waals surface area contributed by atoms with Crippen LogP contribution in [0.4, 0.5) is 0 Å². The molecule has 0 aromatic carbocycles. The summed E-state index contributed by atoms with van der Waals surface area (Å²) in [6, 6.07) is 0.